The smallest absolute Gasteiger partial charge is 0.233 e. The molecule has 3 aromatic heterocycles. The molecule has 1 aliphatic rings. The maximum absolute atomic E-state index is 11.8. The first-order valence-corrected chi connectivity index (χ1v) is 12.4. The number of nitrogens with two attached hydrogens (primary N) is 2. The van der Waals surface area contributed by atoms with Gasteiger partial charge in [0, 0.05) is 29.6 Å². The molecule has 1 fully saturated rings. The zero-order chi connectivity index (χ0) is 25.5. The van der Waals surface area contributed by atoms with Crippen molar-refractivity contribution in [2.75, 3.05) is 38.1 Å². The number of benzene rings is 2. The van der Waals surface area contributed by atoms with E-state index in [0.717, 1.165) is 64.9 Å². The second-order valence-electron chi connectivity index (χ2n) is 9.48. The number of nitrogen functional groups attached to an aromatic ring is 2. The van der Waals surface area contributed by atoms with E-state index >= 15 is 0 Å². The van der Waals surface area contributed by atoms with Crippen LogP contribution in [0.25, 0.3) is 33.2 Å². The van der Waals surface area contributed by atoms with E-state index < -0.39 is 0 Å². The van der Waals surface area contributed by atoms with Gasteiger partial charge in [-0.15, -0.1) is 0 Å². The third kappa shape index (κ3) is 4.05. The molecule has 5 aromatic rings. The van der Waals surface area contributed by atoms with E-state index in [1.807, 2.05) is 53.0 Å². The van der Waals surface area contributed by atoms with E-state index in [-0.39, 0.29) is 5.91 Å². The number of fused-ring (bicyclic) bond motifs is 2. The molecule has 1 aliphatic heterocycles. The molecule has 37 heavy (non-hydrogen) atoms. The van der Waals surface area contributed by atoms with Crippen LogP contribution < -0.4 is 16.8 Å². The summed E-state index contributed by atoms with van der Waals surface area (Å²) in [7, 11) is 1.67. The lowest BCUT2D eigenvalue weighted by atomic mass is 9.93. The SMILES string of the molecule is CNC(=O)CN1CCC(c2cc(-c3ccc4c(N)n(-c5ccccc5)nc4c3)c3c(N)ncnn23)CC1. The predicted molar refractivity (Wildman–Crippen MR) is 144 cm³/mol. The monoisotopic (exact) mass is 495 g/mol. The summed E-state index contributed by atoms with van der Waals surface area (Å²) in [6.07, 6.45) is 3.37. The molecule has 0 atom stereocenters. The average molecular weight is 496 g/mol. The molecule has 6 rings (SSSR count). The summed E-state index contributed by atoms with van der Waals surface area (Å²) in [5, 5.41) is 13.0. The third-order valence-electron chi connectivity index (χ3n) is 7.28. The number of nitrogens with one attached hydrogen (secondary N) is 1. The van der Waals surface area contributed by atoms with E-state index in [1.54, 1.807) is 11.7 Å². The van der Waals surface area contributed by atoms with Gasteiger partial charge in [-0.3, -0.25) is 9.69 Å². The highest BCUT2D eigenvalue weighted by atomic mass is 16.1. The van der Waals surface area contributed by atoms with E-state index in [9.17, 15) is 4.79 Å². The minimum absolute atomic E-state index is 0.0418. The molecule has 0 saturated carbocycles. The first kappa shape index (κ1) is 23.0. The Kier molecular flexibility index (Phi) is 5.72. The standard InChI is InChI=1S/C27H29N9O/c1-30-24(37)15-34-11-9-17(10-12-34)23-14-21(25-26(28)31-16-32-36(23)25)18-7-8-20-22(13-18)33-35(27(20)29)19-5-3-2-4-6-19/h2-8,13-14,16-17H,9-12,15,29H2,1H3,(H,30,37)(H2,28,31,32). The number of carbonyl (C=O) groups is 1. The van der Waals surface area contributed by atoms with Crippen molar-refractivity contribution in [3.05, 3.63) is 66.6 Å². The molecule has 2 aromatic carbocycles. The Morgan fingerprint density at radius 1 is 1.08 bits per heavy atom. The summed E-state index contributed by atoms with van der Waals surface area (Å²) in [4.78, 5) is 18.3. The molecule has 10 heteroatoms. The van der Waals surface area contributed by atoms with E-state index in [0.29, 0.717) is 24.1 Å². The van der Waals surface area contributed by atoms with Crippen molar-refractivity contribution in [3.63, 3.8) is 0 Å². The highest BCUT2D eigenvalue weighted by Gasteiger charge is 2.26. The summed E-state index contributed by atoms with van der Waals surface area (Å²) in [5.41, 5.74) is 18.4. The van der Waals surface area contributed by atoms with Gasteiger partial charge in [0.2, 0.25) is 5.91 Å². The lowest BCUT2D eigenvalue weighted by molar-refractivity contribution is -0.122. The van der Waals surface area contributed by atoms with Crippen LogP contribution in [0.5, 0.6) is 0 Å². The third-order valence-corrected chi connectivity index (χ3v) is 7.28. The van der Waals surface area contributed by atoms with Gasteiger partial charge in [0.25, 0.3) is 0 Å². The summed E-state index contributed by atoms with van der Waals surface area (Å²) >= 11 is 0. The molecule has 1 saturated heterocycles. The molecule has 0 aliphatic carbocycles. The molecule has 188 valence electrons. The second kappa shape index (κ2) is 9.21. The van der Waals surface area contributed by atoms with Crippen LogP contribution in [-0.4, -0.2) is 61.9 Å². The van der Waals surface area contributed by atoms with E-state index in [2.05, 4.69) is 26.4 Å². The Labute approximate surface area is 213 Å². The number of aromatic nitrogens is 5. The molecule has 0 radical (unpaired) electrons. The lowest BCUT2D eigenvalue weighted by Crippen LogP contribution is -2.40. The highest BCUT2D eigenvalue weighted by Crippen LogP contribution is 2.38. The molecule has 0 bridgehead atoms. The maximum Gasteiger partial charge on any atom is 0.233 e. The van der Waals surface area contributed by atoms with Crippen LogP contribution in [0, 0.1) is 0 Å². The quantitative estimate of drug-likeness (QED) is 0.341. The van der Waals surface area contributed by atoms with Gasteiger partial charge in [0.05, 0.1) is 17.7 Å². The molecule has 5 N–H and O–H groups in total. The minimum Gasteiger partial charge on any atom is -0.383 e. The molecule has 0 spiro atoms. The number of rotatable bonds is 5. The van der Waals surface area contributed by atoms with Crippen molar-refractivity contribution in [2.24, 2.45) is 0 Å². The van der Waals surface area contributed by atoms with E-state index in [1.165, 1.54) is 6.33 Å². The fraction of sp³-hybridized carbons (Fsp3) is 0.259. The number of amides is 1. The average Bonchev–Trinajstić information content (AvgIpc) is 3.48. The zero-order valence-corrected chi connectivity index (χ0v) is 20.6. The summed E-state index contributed by atoms with van der Waals surface area (Å²) in [6, 6.07) is 18.1. The molecule has 10 nitrogen and oxygen atoms in total. The van der Waals surface area contributed by atoms with Crippen LogP contribution in [-0.2, 0) is 4.79 Å². The largest absolute Gasteiger partial charge is 0.383 e. The molecular formula is C27H29N9O. The van der Waals surface area contributed by atoms with Gasteiger partial charge in [-0.1, -0.05) is 24.3 Å². The van der Waals surface area contributed by atoms with Gasteiger partial charge in [-0.25, -0.2) is 14.2 Å². The van der Waals surface area contributed by atoms with Crippen LogP contribution in [0.4, 0.5) is 11.6 Å². The van der Waals surface area contributed by atoms with Crippen molar-refractivity contribution in [1.82, 2.24) is 34.6 Å². The first-order valence-electron chi connectivity index (χ1n) is 12.4. The van der Waals surface area contributed by atoms with Crippen molar-refractivity contribution < 1.29 is 4.79 Å². The van der Waals surface area contributed by atoms with Crippen LogP contribution in [0.2, 0.25) is 0 Å². The molecule has 1 amide bonds. The number of likely N-dealkylation sites (tertiary alicyclic amines) is 1. The number of hydrogen-bond acceptors (Lipinski definition) is 7. The van der Waals surface area contributed by atoms with Gasteiger partial charge in [0.15, 0.2) is 5.82 Å². The van der Waals surface area contributed by atoms with Crippen LogP contribution in [0.1, 0.15) is 24.5 Å². The maximum atomic E-state index is 11.8. The van der Waals surface area contributed by atoms with Crippen molar-refractivity contribution >= 4 is 34.0 Å². The van der Waals surface area contributed by atoms with Crippen LogP contribution in [0.3, 0.4) is 0 Å². The summed E-state index contributed by atoms with van der Waals surface area (Å²) in [6.45, 7) is 2.13. The Hall–Kier alpha value is -4.44. The van der Waals surface area contributed by atoms with Gasteiger partial charge < -0.3 is 16.8 Å². The van der Waals surface area contributed by atoms with Gasteiger partial charge in [0.1, 0.15) is 17.7 Å². The van der Waals surface area contributed by atoms with Crippen molar-refractivity contribution in [3.8, 4) is 16.8 Å². The van der Waals surface area contributed by atoms with Crippen molar-refractivity contribution in [1.29, 1.82) is 0 Å². The first-order chi connectivity index (χ1) is 18.0. The van der Waals surface area contributed by atoms with E-state index in [4.69, 9.17) is 16.6 Å². The summed E-state index contributed by atoms with van der Waals surface area (Å²) in [5.74, 6) is 1.37. The molecule has 4 heterocycles. The Morgan fingerprint density at radius 3 is 2.62 bits per heavy atom. The minimum atomic E-state index is 0.0418. The number of nitrogens with zero attached hydrogens (tertiary/aromatic N) is 6. The second-order valence-corrected chi connectivity index (χ2v) is 9.48. The van der Waals surface area contributed by atoms with Gasteiger partial charge in [-0.2, -0.15) is 10.2 Å². The fourth-order valence-electron chi connectivity index (χ4n) is 5.31. The molecular weight excluding hydrogens is 466 g/mol. The zero-order valence-electron chi connectivity index (χ0n) is 20.6. The number of carbonyl (C=O) groups excluding carboxylic acids is 1. The Balaban J connectivity index is 1.38. The number of likely N-dealkylation sites (N-methyl/N-ethyl adjacent to an activating group) is 1. The van der Waals surface area contributed by atoms with Gasteiger partial charge >= 0.3 is 0 Å². The topological polar surface area (TPSA) is 132 Å². The van der Waals surface area contributed by atoms with Gasteiger partial charge in [-0.05, 0) is 61.8 Å². The van der Waals surface area contributed by atoms with Crippen LogP contribution in [0.15, 0.2) is 60.9 Å². The molecule has 0 unspecified atom stereocenters. The Bertz CT molecular complexity index is 1600. The van der Waals surface area contributed by atoms with Crippen molar-refractivity contribution in [2.45, 2.75) is 18.8 Å². The number of hydrogen-bond donors (Lipinski definition) is 3. The number of piperidine rings is 1. The number of para-hydroxylation sites is 1. The lowest BCUT2D eigenvalue weighted by Gasteiger charge is -2.31. The summed E-state index contributed by atoms with van der Waals surface area (Å²) < 4.78 is 3.69. The van der Waals surface area contributed by atoms with Crippen LogP contribution >= 0.6 is 0 Å². The predicted octanol–water partition coefficient (Wildman–Crippen LogP) is 2.83. The highest BCUT2D eigenvalue weighted by molar-refractivity contribution is 5.96. The Morgan fingerprint density at radius 2 is 1.86 bits per heavy atom. The normalized spacial score (nSPS) is 14.9. The number of anilines is 2. The fourth-order valence-corrected chi connectivity index (χ4v) is 5.31.